The van der Waals surface area contributed by atoms with Crippen molar-refractivity contribution in [3.8, 4) is 0 Å². The van der Waals surface area contributed by atoms with E-state index in [1.165, 1.54) is 21.9 Å². The van der Waals surface area contributed by atoms with Gasteiger partial charge in [0.05, 0.1) is 13.2 Å². The molecule has 2 aromatic heterocycles. The van der Waals surface area contributed by atoms with Crippen LogP contribution in [0.2, 0.25) is 5.02 Å². The molecule has 1 aliphatic rings. The summed E-state index contributed by atoms with van der Waals surface area (Å²) in [5, 5.41) is 3.39. The quantitative estimate of drug-likeness (QED) is 0.687. The second-order valence-corrected chi connectivity index (χ2v) is 8.05. The average Bonchev–Trinajstić information content (AvgIpc) is 3.12. The van der Waals surface area contributed by atoms with Crippen LogP contribution in [-0.2, 0) is 17.8 Å². The van der Waals surface area contributed by atoms with Crippen molar-refractivity contribution < 1.29 is 9.53 Å². The number of hydrogen-bond acceptors (Lipinski definition) is 6. The first-order chi connectivity index (χ1) is 13.6. The van der Waals surface area contributed by atoms with Crippen LogP contribution in [0.15, 0.2) is 41.5 Å². The van der Waals surface area contributed by atoms with Gasteiger partial charge in [-0.1, -0.05) is 35.1 Å². The zero-order valence-corrected chi connectivity index (χ0v) is 16.6. The van der Waals surface area contributed by atoms with Gasteiger partial charge in [-0.3, -0.25) is 18.9 Å². The standard InChI is InChI=1S/C19H19ClN4O3S/c20-14-3-1-13(2-4-14)9-21-17(25)16-10-22-19-24(18(16)26)12-15(28-19)11-23-5-7-27-8-6-23/h1-4,10,12H,5-9,11H2,(H,21,25). The maximum atomic E-state index is 12.7. The van der Waals surface area contributed by atoms with E-state index < -0.39 is 5.91 Å². The van der Waals surface area contributed by atoms with Crippen LogP contribution in [0.3, 0.4) is 0 Å². The van der Waals surface area contributed by atoms with E-state index in [1.54, 1.807) is 18.3 Å². The fourth-order valence-corrected chi connectivity index (χ4v) is 4.12. The van der Waals surface area contributed by atoms with Gasteiger partial charge < -0.3 is 10.1 Å². The Labute approximate surface area is 170 Å². The number of aromatic nitrogens is 2. The molecule has 1 fully saturated rings. The molecule has 146 valence electrons. The third kappa shape index (κ3) is 4.25. The van der Waals surface area contributed by atoms with Gasteiger partial charge in [0.2, 0.25) is 0 Å². The molecule has 1 N–H and O–H groups in total. The summed E-state index contributed by atoms with van der Waals surface area (Å²) in [7, 11) is 0. The zero-order chi connectivity index (χ0) is 19.5. The predicted octanol–water partition coefficient (Wildman–Crippen LogP) is 2.17. The summed E-state index contributed by atoms with van der Waals surface area (Å²) in [6.07, 6.45) is 3.13. The predicted molar refractivity (Wildman–Crippen MR) is 108 cm³/mol. The summed E-state index contributed by atoms with van der Waals surface area (Å²) in [5.41, 5.74) is 0.570. The van der Waals surface area contributed by atoms with Gasteiger partial charge in [-0.05, 0) is 17.7 Å². The van der Waals surface area contributed by atoms with E-state index in [0.717, 1.165) is 43.3 Å². The highest BCUT2D eigenvalue weighted by molar-refractivity contribution is 7.17. The first-order valence-corrected chi connectivity index (χ1v) is 10.1. The molecule has 0 bridgehead atoms. The van der Waals surface area contributed by atoms with Gasteiger partial charge in [-0.25, -0.2) is 4.98 Å². The Bertz CT molecular complexity index is 1040. The van der Waals surface area contributed by atoms with E-state index in [-0.39, 0.29) is 11.1 Å². The number of rotatable bonds is 5. The largest absolute Gasteiger partial charge is 0.379 e. The van der Waals surface area contributed by atoms with Crippen LogP contribution < -0.4 is 10.9 Å². The highest BCUT2D eigenvalue weighted by Gasteiger charge is 2.17. The number of nitrogens with one attached hydrogen (secondary N) is 1. The van der Waals surface area contributed by atoms with Crippen molar-refractivity contribution in [2.24, 2.45) is 0 Å². The van der Waals surface area contributed by atoms with Crippen LogP contribution in [0.5, 0.6) is 0 Å². The van der Waals surface area contributed by atoms with Gasteiger partial charge in [0, 0.05) is 48.5 Å². The summed E-state index contributed by atoms with van der Waals surface area (Å²) in [5.74, 6) is -0.442. The lowest BCUT2D eigenvalue weighted by molar-refractivity contribution is 0.0346. The van der Waals surface area contributed by atoms with Gasteiger partial charge in [0.1, 0.15) is 5.56 Å². The van der Waals surface area contributed by atoms with E-state index in [2.05, 4.69) is 15.2 Å². The lowest BCUT2D eigenvalue weighted by atomic mass is 10.2. The van der Waals surface area contributed by atoms with Crippen molar-refractivity contribution in [3.05, 3.63) is 68.0 Å². The Kier molecular flexibility index (Phi) is 5.72. The van der Waals surface area contributed by atoms with Crippen LogP contribution in [0.4, 0.5) is 0 Å². The third-order valence-electron chi connectivity index (χ3n) is 4.55. The molecule has 9 heteroatoms. The van der Waals surface area contributed by atoms with Crippen LogP contribution in [0.25, 0.3) is 4.96 Å². The summed E-state index contributed by atoms with van der Waals surface area (Å²) in [4.78, 5) is 33.4. The van der Waals surface area contributed by atoms with Crippen molar-refractivity contribution >= 4 is 33.8 Å². The number of nitrogens with zero attached hydrogens (tertiary/aromatic N) is 3. The maximum Gasteiger partial charge on any atom is 0.271 e. The number of thiazole rings is 1. The number of hydrogen-bond donors (Lipinski definition) is 1. The fraction of sp³-hybridized carbons (Fsp3) is 0.316. The Hall–Kier alpha value is -2.26. The number of halogens is 1. The van der Waals surface area contributed by atoms with E-state index in [1.807, 2.05) is 12.1 Å². The van der Waals surface area contributed by atoms with Crippen LogP contribution in [-0.4, -0.2) is 46.5 Å². The van der Waals surface area contributed by atoms with Crippen molar-refractivity contribution in [1.82, 2.24) is 19.6 Å². The highest BCUT2D eigenvalue weighted by atomic mass is 35.5. The van der Waals surface area contributed by atoms with Gasteiger partial charge >= 0.3 is 0 Å². The van der Waals surface area contributed by atoms with Crippen LogP contribution in [0.1, 0.15) is 20.8 Å². The molecule has 7 nitrogen and oxygen atoms in total. The smallest absolute Gasteiger partial charge is 0.271 e. The summed E-state index contributed by atoms with van der Waals surface area (Å²) < 4.78 is 6.82. The first-order valence-electron chi connectivity index (χ1n) is 8.93. The molecule has 1 aliphatic heterocycles. The Morgan fingerprint density at radius 2 is 2.00 bits per heavy atom. The Balaban J connectivity index is 1.49. The molecule has 3 heterocycles. The van der Waals surface area contributed by atoms with Gasteiger partial charge in [-0.15, -0.1) is 0 Å². The lowest BCUT2D eigenvalue weighted by Gasteiger charge is -2.25. The lowest BCUT2D eigenvalue weighted by Crippen LogP contribution is -2.35. The third-order valence-corrected chi connectivity index (χ3v) is 5.78. The highest BCUT2D eigenvalue weighted by Crippen LogP contribution is 2.17. The number of carbonyl (C=O) groups excluding carboxylic acids is 1. The van der Waals surface area contributed by atoms with Gasteiger partial charge in [0.15, 0.2) is 4.96 Å². The molecule has 1 amide bonds. The summed E-state index contributed by atoms with van der Waals surface area (Å²) in [6.45, 7) is 4.24. The van der Waals surface area contributed by atoms with E-state index in [9.17, 15) is 9.59 Å². The minimum Gasteiger partial charge on any atom is -0.379 e. The molecule has 0 aliphatic carbocycles. The zero-order valence-electron chi connectivity index (χ0n) is 15.1. The number of amides is 1. The molecule has 1 saturated heterocycles. The molecule has 0 unspecified atom stereocenters. The number of fused-ring (bicyclic) bond motifs is 1. The maximum absolute atomic E-state index is 12.7. The number of ether oxygens (including phenoxy) is 1. The molecule has 3 aromatic rings. The topological polar surface area (TPSA) is 75.9 Å². The molecular weight excluding hydrogens is 400 g/mol. The first kappa shape index (κ1) is 19.1. The fourth-order valence-electron chi connectivity index (χ4n) is 3.02. The Morgan fingerprint density at radius 3 is 2.75 bits per heavy atom. The molecule has 28 heavy (non-hydrogen) atoms. The second kappa shape index (κ2) is 8.40. The van der Waals surface area contributed by atoms with Crippen molar-refractivity contribution in [2.75, 3.05) is 26.3 Å². The minimum absolute atomic E-state index is 0.0298. The van der Waals surface area contributed by atoms with Crippen molar-refractivity contribution in [1.29, 1.82) is 0 Å². The van der Waals surface area contributed by atoms with E-state index in [0.29, 0.717) is 16.5 Å². The summed E-state index contributed by atoms with van der Waals surface area (Å²) in [6, 6.07) is 7.17. The molecule has 0 saturated carbocycles. The molecule has 1 aromatic carbocycles. The van der Waals surface area contributed by atoms with Crippen LogP contribution >= 0.6 is 22.9 Å². The molecular formula is C19H19ClN4O3S. The minimum atomic E-state index is -0.442. The normalized spacial score (nSPS) is 15.0. The average molecular weight is 419 g/mol. The van der Waals surface area contributed by atoms with E-state index in [4.69, 9.17) is 16.3 Å². The SMILES string of the molecule is O=C(NCc1ccc(Cl)cc1)c1cnc2sc(CN3CCOCC3)cn2c1=O. The Morgan fingerprint density at radius 1 is 1.25 bits per heavy atom. The number of morpholine rings is 1. The molecule has 4 rings (SSSR count). The van der Waals surface area contributed by atoms with E-state index >= 15 is 0 Å². The second-order valence-electron chi connectivity index (χ2n) is 6.52. The monoisotopic (exact) mass is 418 g/mol. The molecule has 0 spiro atoms. The van der Waals surface area contributed by atoms with Crippen molar-refractivity contribution in [3.63, 3.8) is 0 Å². The molecule has 0 atom stereocenters. The van der Waals surface area contributed by atoms with Gasteiger partial charge in [-0.2, -0.15) is 0 Å². The number of benzene rings is 1. The van der Waals surface area contributed by atoms with Crippen LogP contribution in [0, 0.1) is 0 Å². The van der Waals surface area contributed by atoms with Gasteiger partial charge in [0.25, 0.3) is 11.5 Å². The molecule has 0 radical (unpaired) electrons. The van der Waals surface area contributed by atoms with Crippen molar-refractivity contribution in [2.45, 2.75) is 13.1 Å². The summed E-state index contributed by atoms with van der Waals surface area (Å²) >= 11 is 7.32. The number of carbonyl (C=O) groups is 1.